The third-order valence-corrected chi connectivity index (χ3v) is 3.70. The summed E-state index contributed by atoms with van der Waals surface area (Å²) >= 11 is 0.446. The Kier molecular flexibility index (Phi) is 1.91. The number of benzene rings is 1. The van der Waals surface area contributed by atoms with E-state index in [2.05, 4.69) is 18.0 Å². The molecule has 0 aliphatic carbocycles. The summed E-state index contributed by atoms with van der Waals surface area (Å²) in [4.78, 5) is 4.43. The van der Waals surface area contributed by atoms with Gasteiger partial charge in [-0.25, -0.2) is 0 Å². The Bertz CT molecular complexity index is 408. The van der Waals surface area contributed by atoms with Crippen LogP contribution in [0.3, 0.4) is 0 Å². The van der Waals surface area contributed by atoms with Gasteiger partial charge >= 0.3 is 76.6 Å². The number of hydrogen-bond donors (Lipinski definition) is 0. The second kappa shape index (κ2) is 2.92. The topological polar surface area (TPSA) is 22.1 Å². The molecule has 0 unspecified atom stereocenters. The van der Waals surface area contributed by atoms with Crippen molar-refractivity contribution in [1.82, 2.24) is 4.98 Å². The van der Waals surface area contributed by atoms with E-state index in [0.29, 0.717) is 14.5 Å². The molecule has 0 radical (unpaired) electrons. The number of methoxy groups -OCH3 is 1. The Morgan fingerprint density at radius 1 is 1.42 bits per heavy atom. The van der Waals surface area contributed by atoms with E-state index in [0.717, 1.165) is 11.3 Å². The summed E-state index contributed by atoms with van der Waals surface area (Å²) in [5.74, 6) is 0.892. The van der Waals surface area contributed by atoms with Crippen molar-refractivity contribution in [3.8, 4) is 5.75 Å². The predicted octanol–water partition coefficient (Wildman–Crippen LogP) is 1.61. The van der Waals surface area contributed by atoms with Crippen molar-refractivity contribution in [3.05, 3.63) is 22.8 Å². The summed E-state index contributed by atoms with van der Waals surface area (Å²) in [6.07, 6.45) is 0. The summed E-state index contributed by atoms with van der Waals surface area (Å²) in [6.45, 7) is 2.08. The minimum absolute atomic E-state index is 0.446. The molecule has 62 valence electrons. The summed E-state index contributed by atoms with van der Waals surface area (Å²) in [6, 6.07) is 6.09. The summed E-state index contributed by atoms with van der Waals surface area (Å²) in [5.41, 5.74) is 1.09. The molecule has 0 spiro atoms. The standard InChI is InChI=1S/C9H9NOSe/c1-6-10-8-5-7(11-2)3-4-9(8)12-6/h3-5H,1-2H3. The number of nitrogens with zero attached hydrogens (tertiary/aromatic N) is 1. The number of aromatic nitrogens is 1. The van der Waals surface area contributed by atoms with Gasteiger partial charge in [-0.2, -0.15) is 0 Å². The van der Waals surface area contributed by atoms with Gasteiger partial charge in [0.2, 0.25) is 0 Å². The van der Waals surface area contributed by atoms with Gasteiger partial charge in [0.25, 0.3) is 0 Å². The van der Waals surface area contributed by atoms with Crippen LogP contribution in [0.2, 0.25) is 0 Å². The van der Waals surface area contributed by atoms with E-state index in [1.807, 2.05) is 12.1 Å². The van der Waals surface area contributed by atoms with Crippen molar-refractivity contribution < 1.29 is 4.74 Å². The van der Waals surface area contributed by atoms with Gasteiger partial charge in [0.1, 0.15) is 0 Å². The van der Waals surface area contributed by atoms with Crippen molar-refractivity contribution in [2.45, 2.75) is 6.92 Å². The number of rotatable bonds is 1. The second-order valence-electron chi connectivity index (χ2n) is 2.57. The van der Waals surface area contributed by atoms with Crippen molar-refractivity contribution in [3.63, 3.8) is 0 Å². The van der Waals surface area contributed by atoms with Crippen LogP contribution in [-0.4, -0.2) is 26.6 Å². The summed E-state index contributed by atoms with van der Waals surface area (Å²) in [7, 11) is 1.68. The Morgan fingerprint density at radius 3 is 3.00 bits per heavy atom. The van der Waals surface area contributed by atoms with Gasteiger partial charge in [-0.05, 0) is 0 Å². The molecule has 0 fully saturated rings. The molecule has 3 heteroatoms. The van der Waals surface area contributed by atoms with E-state index in [9.17, 15) is 0 Å². The Labute approximate surface area is 76.9 Å². The number of hydrogen-bond acceptors (Lipinski definition) is 2. The Balaban J connectivity index is 2.66. The zero-order valence-electron chi connectivity index (χ0n) is 7.00. The summed E-state index contributed by atoms with van der Waals surface area (Å²) in [5, 5.41) is 0. The summed E-state index contributed by atoms with van der Waals surface area (Å²) < 4.78 is 7.72. The molecule has 0 saturated heterocycles. The number of fused-ring (bicyclic) bond motifs is 1. The fourth-order valence-corrected chi connectivity index (χ4v) is 2.84. The van der Waals surface area contributed by atoms with E-state index < -0.39 is 0 Å². The van der Waals surface area contributed by atoms with E-state index >= 15 is 0 Å². The Hall–Kier alpha value is -0.791. The zero-order valence-corrected chi connectivity index (χ0v) is 8.71. The normalized spacial score (nSPS) is 10.5. The molecule has 2 aromatic rings. The second-order valence-corrected chi connectivity index (χ2v) is 5.16. The van der Waals surface area contributed by atoms with E-state index in [1.54, 1.807) is 7.11 Å². The monoisotopic (exact) mass is 227 g/mol. The Morgan fingerprint density at radius 2 is 2.25 bits per heavy atom. The predicted molar refractivity (Wildman–Crippen MR) is 50.0 cm³/mol. The first kappa shape index (κ1) is 7.84. The molecule has 1 heterocycles. The third kappa shape index (κ3) is 1.26. The van der Waals surface area contributed by atoms with Gasteiger partial charge in [-0.15, -0.1) is 0 Å². The van der Waals surface area contributed by atoms with Crippen molar-refractivity contribution >= 4 is 24.3 Å². The maximum atomic E-state index is 5.11. The molecule has 2 nitrogen and oxygen atoms in total. The molecule has 0 atom stereocenters. The number of aryl methyl sites for hydroxylation is 1. The van der Waals surface area contributed by atoms with Gasteiger partial charge in [-0.1, -0.05) is 0 Å². The molecule has 0 amide bonds. The fourth-order valence-electron chi connectivity index (χ4n) is 1.15. The molecule has 0 aliphatic rings. The van der Waals surface area contributed by atoms with Crippen LogP contribution in [0, 0.1) is 6.92 Å². The maximum absolute atomic E-state index is 5.11. The molecule has 2 rings (SSSR count). The van der Waals surface area contributed by atoms with Crippen LogP contribution in [0.4, 0.5) is 0 Å². The van der Waals surface area contributed by atoms with Gasteiger partial charge in [0.05, 0.1) is 0 Å². The van der Waals surface area contributed by atoms with Gasteiger partial charge in [-0.3, -0.25) is 0 Å². The molecular weight excluding hydrogens is 217 g/mol. The van der Waals surface area contributed by atoms with Crippen LogP contribution in [0.15, 0.2) is 18.2 Å². The first-order valence-corrected chi connectivity index (χ1v) is 5.42. The number of ether oxygens (including phenoxy) is 1. The van der Waals surface area contributed by atoms with Gasteiger partial charge in [0.15, 0.2) is 0 Å². The third-order valence-electron chi connectivity index (χ3n) is 1.70. The molecule has 0 aliphatic heterocycles. The van der Waals surface area contributed by atoms with Gasteiger partial charge < -0.3 is 0 Å². The van der Waals surface area contributed by atoms with E-state index in [1.165, 1.54) is 8.83 Å². The van der Waals surface area contributed by atoms with E-state index in [4.69, 9.17) is 4.74 Å². The van der Waals surface area contributed by atoms with Crippen LogP contribution in [0.5, 0.6) is 5.75 Å². The average molecular weight is 226 g/mol. The van der Waals surface area contributed by atoms with Crippen LogP contribution < -0.4 is 4.74 Å². The van der Waals surface area contributed by atoms with Crippen molar-refractivity contribution in [2.24, 2.45) is 0 Å². The molecule has 12 heavy (non-hydrogen) atoms. The van der Waals surface area contributed by atoms with E-state index in [-0.39, 0.29) is 0 Å². The molecular formula is C9H9NOSe. The van der Waals surface area contributed by atoms with Crippen molar-refractivity contribution in [1.29, 1.82) is 0 Å². The van der Waals surface area contributed by atoms with Crippen LogP contribution in [0.1, 0.15) is 4.57 Å². The van der Waals surface area contributed by atoms with Crippen LogP contribution in [-0.2, 0) is 0 Å². The quantitative estimate of drug-likeness (QED) is 0.689. The fraction of sp³-hybridized carbons (Fsp3) is 0.222. The van der Waals surface area contributed by atoms with Crippen LogP contribution >= 0.6 is 0 Å². The SMILES string of the molecule is COc1ccc2[se]c(C)nc2c1. The van der Waals surface area contributed by atoms with Crippen LogP contribution in [0.25, 0.3) is 9.78 Å². The zero-order chi connectivity index (χ0) is 8.55. The molecule has 1 aromatic heterocycles. The molecule has 0 bridgehead atoms. The first-order valence-electron chi connectivity index (χ1n) is 3.71. The minimum atomic E-state index is 0.446. The first-order chi connectivity index (χ1) is 5.79. The molecule has 1 aromatic carbocycles. The van der Waals surface area contributed by atoms with Gasteiger partial charge in [0, 0.05) is 0 Å². The molecule has 0 N–H and O–H groups in total. The average Bonchev–Trinajstić information content (AvgIpc) is 2.43. The van der Waals surface area contributed by atoms with Crippen molar-refractivity contribution in [2.75, 3.05) is 7.11 Å². The molecule has 0 saturated carbocycles.